The smallest absolute Gasteiger partial charge is 0.242 e. The summed E-state index contributed by atoms with van der Waals surface area (Å²) >= 11 is 0. The molecule has 0 atom stereocenters. The molecule has 3 heterocycles. The highest BCUT2D eigenvalue weighted by Gasteiger charge is 2.24. The summed E-state index contributed by atoms with van der Waals surface area (Å²) in [5.41, 5.74) is 3.50. The number of aromatic amines is 1. The van der Waals surface area contributed by atoms with Gasteiger partial charge in [0.05, 0.1) is 13.7 Å². The van der Waals surface area contributed by atoms with E-state index in [1.807, 2.05) is 29.3 Å². The summed E-state index contributed by atoms with van der Waals surface area (Å²) in [6.45, 7) is 2.19. The first-order chi connectivity index (χ1) is 14.2. The molecule has 0 spiro atoms. The van der Waals surface area contributed by atoms with E-state index in [2.05, 4.69) is 11.1 Å². The Balaban J connectivity index is 1.42. The van der Waals surface area contributed by atoms with Gasteiger partial charge in [-0.1, -0.05) is 18.9 Å². The van der Waals surface area contributed by atoms with Crippen LogP contribution in [-0.2, 0) is 9.59 Å². The van der Waals surface area contributed by atoms with Gasteiger partial charge < -0.3 is 19.5 Å². The molecule has 0 radical (unpaired) electrons. The van der Waals surface area contributed by atoms with Crippen molar-refractivity contribution in [2.24, 2.45) is 0 Å². The van der Waals surface area contributed by atoms with Crippen LogP contribution in [0.1, 0.15) is 44.1 Å². The van der Waals surface area contributed by atoms with Crippen molar-refractivity contribution < 1.29 is 14.3 Å². The van der Waals surface area contributed by atoms with Gasteiger partial charge in [0.15, 0.2) is 0 Å². The second-order valence-electron chi connectivity index (χ2n) is 7.91. The zero-order valence-corrected chi connectivity index (χ0v) is 17.1. The number of hydrogen-bond acceptors (Lipinski definition) is 3. The number of nitrogens with zero attached hydrogens (tertiary/aromatic N) is 2. The van der Waals surface area contributed by atoms with Crippen LogP contribution >= 0.6 is 0 Å². The minimum atomic E-state index is 0.0508. The topological polar surface area (TPSA) is 65.6 Å². The fraction of sp³-hybridized carbons (Fsp3) is 0.478. The quantitative estimate of drug-likeness (QED) is 0.860. The van der Waals surface area contributed by atoms with E-state index >= 15 is 0 Å². The summed E-state index contributed by atoms with van der Waals surface area (Å²) in [4.78, 5) is 32.0. The molecule has 2 aliphatic heterocycles. The molecule has 6 heteroatoms. The molecule has 1 saturated heterocycles. The van der Waals surface area contributed by atoms with Crippen molar-refractivity contribution in [2.75, 3.05) is 33.3 Å². The normalized spacial score (nSPS) is 18.4. The van der Waals surface area contributed by atoms with Gasteiger partial charge in [0.2, 0.25) is 11.8 Å². The standard InChI is InChI=1S/C23H29N3O3/c1-29-18-7-8-21-19(14-18)20(15-24-21)17-9-12-25(13-10-17)23(28)16-26-11-5-3-2-4-6-22(26)27/h7-9,14-15,24H,2-6,10-13,16H2,1H3. The second-order valence-corrected chi connectivity index (χ2v) is 7.91. The van der Waals surface area contributed by atoms with E-state index in [1.54, 1.807) is 12.0 Å². The van der Waals surface area contributed by atoms with E-state index in [0.29, 0.717) is 26.1 Å². The number of methoxy groups -OCH3 is 1. The molecule has 4 rings (SSSR count). The molecule has 1 N–H and O–H groups in total. The van der Waals surface area contributed by atoms with Gasteiger partial charge in [-0.05, 0) is 43.0 Å². The lowest BCUT2D eigenvalue weighted by Crippen LogP contribution is -2.44. The zero-order valence-electron chi connectivity index (χ0n) is 17.1. The van der Waals surface area contributed by atoms with Crippen LogP contribution in [0.25, 0.3) is 16.5 Å². The molecule has 0 aliphatic carbocycles. The molecule has 154 valence electrons. The Bertz CT molecular complexity index is 931. The number of likely N-dealkylation sites (tertiary alicyclic amines) is 1. The Morgan fingerprint density at radius 3 is 2.79 bits per heavy atom. The first-order valence-corrected chi connectivity index (χ1v) is 10.6. The van der Waals surface area contributed by atoms with Crippen LogP contribution in [0.2, 0.25) is 0 Å². The van der Waals surface area contributed by atoms with Gasteiger partial charge in [-0.15, -0.1) is 0 Å². The summed E-state index contributed by atoms with van der Waals surface area (Å²) in [5, 5.41) is 1.14. The lowest BCUT2D eigenvalue weighted by Gasteiger charge is -2.30. The number of amides is 2. The Morgan fingerprint density at radius 2 is 2.00 bits per heavy atom. The molecule has 0 saturated carbocycles. The number of fused-ring (bicyclic) bond motifs is 1. The number of carbonyl (C=O) groups is 2. The van der Waals surface area contributed by atoms with E-state index in [1.165, 1.54) is 11.1 Å². The van der Waals surface area contributed by atoms with Crippen molar-refractivity contribution in [3.63, 3.8) is 0 Å². The van der Waals surface area contributed by atoms with E-state index < -0.39 is 0 Å². The predicted octanol–water partition coefficient (Wildman–Crippen LogP) is 3.58. The summed E-state index contributed by atoms with van der Waals surface area (Å²) in [7, 11) is 1.67. The molecule has 0 unspecified atom stereocenters. The average Bonchev–Trinajstić information content (AvgIpc) is 3.16. The van der Waals surface area contributed by atoms with Gasteiger partial charge in [-0.2, -0.15) is 0 Å². The van der Waals surface area contributed by atoms with Crippen LogP contribution in [0, 0.1) is 0 Å². The van der Waals surface area contributed by atoms with Gasteiger partial charge in [0.1, 0.15) is 5.75 Å². The summed E-state index contributed by atoms with van der Waals surface area (Å²) in [6.07, 6.45) is 9.74. The van der Waals surface area contributed by atoms with E-state index in [9.17, 15) is 9.59 Å². The molecule has 2 aromatic rings. The minimum Gasteiger partial charge on any atom is -0.497 e. The fourth-order valence-electron chi connectivity index (χ4n) is 4.28. The van der Waals surface area contributed by atoms with E-state index in [-0.39, 0.29) is 18.4 Å². The third kappa shape index (κ3) is 4.31. The Kier molecular flexibility index (Phi) is 5.88. The molecular weight excluding hydrogens is 366 g/mol. The highest BCUT2D eigenvalue weighted by molar-refractivity contribution is 5.94. The van der Waals surface area contributed by atoms with Crippen LogP contribution in [0.5, 0.6) is 5.75 Å². The highest BCUT2D eigenvalue weighted by atomic mass is 16.5. The number of aromatic nitrogens is 1. The van der Waals surface area contributed by atoms with E-state index in [0.717, 1.165) is 48.8 Å². The lowest BCUT2D eigenvalue weighted by atomic mass is 9.98. The number of rotatable bonds is 4. The average molecular weight is 396 g/mol. The SMILES string of the molecule is COc1ccc2[nH]cc(C3=CCN(C(=O)CN4CCCCCCC4=O)CC3)c2c1. The van der Waals surface area contributed by atoms with Crippen molar-refractivity contribution in [3.8, 4) is 5.75 Å². The Morgan fingerprint density at radius 1 is 1.14 bits per heavy atom. The fourth-order valence-corrected chi connectivity index (χ4v) is 4.28. The van der Waals surface area contributed by atoms with Gasteiger partial charge in [0, 0.05) is 48.7 Å². The highest BCUT2D eigenvalue weighted by Crippen LogP contribution is 2.31. The summed E-state index contributed by atoms with van der Waals surface area (Å²) in [6, 6.07) is 6.02. The second kappa shape index (κ2) is 8.72. The van der Waals surface area contributed by atoms with Gasteiger partial charge >= 0.3 is 0 Å². The Labute approximate surface area is 171 Å². The molecule has 6 nitrogen and oxygen atoms in total. The minimum absolute atomic E-state index is 0.0508. The first kappa shape index (κ1) is 19.6. The van der Waals surface area contributed by atoms with Gasteiger partial charge in [0.25, 0.3) is 0 Å². The van der Waals surface area contributed by atoms with Crippen molar-refractivity contribution >= 4 is 28.3 Å². The molecule has 2 amide bonds. The molecule has 0 bridgehead atoms. The third-order valence-corrected chi connectivity index (χ3v) is 6.04. The Hall–Kier alpha value is -2.76. The maximum Gasteiger partial charge on any atom is 0.242 e. The number of ether oxygens (including phenoxy) is 1. The van der Waals surface area contributed by atoms with Crippen LogP contribution < -0.4 is 4.74 Å². The molecule has 1 aromatic carbocycles. The lowest BCUT2D eigenvalue weighted by molar-refractivity contribution is -0.140. The molecule has 2 aliphatic rings. The first-order valence-electron chi connectivity index (χ1n) is 10.6. The number of hydrogen-bond donors (Lipinski definition) is 1. The number of nitrogens with one attached hydrogen (secondary N) is 1. The van der Waals surface area contributed by atoms with Gasteiger partial charge in [-0.3, -0.25) is 9.59 Å². The zero-order chi connectivity index (χ0) is 20.2. The largest absolute Gasteiger partial charge is 0.497 e. The van der Waals surface area contributed by atoms with Crippen molar-refractivity contribution in [1.29, 1.82) is 0 Å². The molecule has 1 aromatic heterocycles. The summed E-state index contributed by atoms with van der Waals surface area (Å²) < 4.78 is 5.36. The maximum atomic E-state index is 12.8. The summed E-state index contributed by atoms with van der Waals surface area (Å²) in [5.74, 6) is 1.01. The van der Waals surface area contributed by atoms with Gasteiger partial charge in [-0.25, -0.2) is 0 Å². The molecule has 29 heavy (non-hydrogen) atoms. The van der Waals surface area contributed by atoms with Crippen molar-refractivity contribution in [1.82, 2.24) is 14.8 Å². The van der Waals surface area contributed by atoms with Crippen LogP contribution in [0.15, 0.2) is 30.5 Å². The van der Waals surface area contributed by atoms with Crippen LogP contribution in [0.4, 0.5) is 0 Å². The number of H-pyrrole nitrogens is 1. The van der Waals surface area contributed by atoms with Crippen LogP contribution in [0.3, 0.4) is 0 Å². The third-order valence-electron chi connectivity index (χ3n) is 6.04. The predicted molar refractivity (Wildman–Crippen MR) is 114 cm³/mol. The number of carbonyl (C=O) groups excluding carboxylic acids is 2. The molecule has 1 fully saturated rings. The van der Waals surface area contributed by atoms with Crippen LogP contribution in [-0.4, -0.2) is 59.9 Å². The molecular formula is C23H29N3O3. The van der Waals surface area contributed by atoms with E-state index in [4.69, 9.17) is 4.74 Å². The monoisotopic (exact) mass is 395 g/mol. The van der Waals surface area contributed by atoms with Crippen molar-refractivity contribution in [3.05, 3.63) is 36.0 Å². The maximum absolute atomic E-state index is 12.8. The van der Waals surface area contributed by atoms with Crippen molar-refractivity contribution in [2.45, 2.75) is 38.5 Å². The number of benzene rings is 1.